The number of hydrogen-bond donors (Lipinski definition) is 1. The number of rotatable bonds is 6. The summed E-state index contributed by atoms with van der Waals surface area (Å²) in [7, 11) is 0. The van der Waals surface area contributed by atoms with Gasteiger partial charge in [0.05, 0.1) is 0 Å². The second-order valence-corrected chi connectivity index (χ2v) is 6.88. The summed E-state index contributed by atoms with van der Waals surface area (Å²) >= 11 is 1.67. The molecule has 1 aliphatic heterocycles. The van der Waals surface area contributed by atoms with Gasteiger partial charge in [-0.3, -0.25) is 4.79 Å². The number of anilines is 1. The number of nitrogens with one attached hydrogen (secondary N) is 1. The Balaban J connectivity index is 1.45. The molecular formula is C18H18FNO3S. The third-order valence-corrected chi connectivity index (χ3v) is 4.90. The standard InChI is InChI=1S/C18H18FNO3S/c1-12(13-2-4-14(19)5-3-13)24-9-8-18(21)20-15-6-7-16-17(10-15)23-11-22-16/h2-7,10,12H,8-9,11H2,1H3,(H,20,21). The summed E-state index contributed by atoms with van der Waals surface area (Å²) in [4.78, 5) is 12.0. The van der Waals surface area contributed by atoms with Gasteiger partial charge in [-0.25, -0.2) is 4.39 Å². The molecule has 3 rings (SSSR count). The van der Waals surface area contributed by atoms with E-state index in [0.29, 0.717) is 29.4 Å². The SMILES string of the molecule is CC(SCCC(=O)Nc1ccc2c(c1)OCO2)c1ccc(F)cc1. The number of fused-ring (bicyclic) bond motifs is 1. The van der Waals surface area contributed by atoms with E-state index in [1.54, 1.807) is 42.1 Å². The maximum Gasteiger partial charge on any atom is 0.231 e. The summed E-state index contributed by atoms with van der Waals surface area (Å²) in [5.74, 6) is 1.74. The van der Waals surface area contributed by atoms with Crippen molar-refractivity contribution >= 4 is 23.4 Å². The van der Waals surface area contributed by atoms with Gasteiger partial charge < -0.3 is 14.8 Å². The molecule has 126 valence electrons. The predicted molar refractivity (Wildman–Crippen MR) is 93.1 cm³/mol. The zero-order chi connectivity index (χ0) is 16.9. The predicted octanol–water partition coefficient (Wildman–Crippen LogP) is 4.38. The van der Waals surface area contributed by atoms with Gasteiger partial charge in [0.15, 0.2) is 11.5 Å². The number of amides is 1. The minimum atomic E-state index is -0.237. The van der Waals surface area contributed by atoms with Crippen LogP contribution in [0.4, 0.5) is 10.1 Å². The van der Waals surface area contributed by atoms with E-state index < -0.39 is 0 Å². The summed E-state index contributed by atoms with van der Waals surface area (Å²) in [6.45, 7) is 2.26. The molecule has 1 N–H and O–H groups in total. The summed E-state index contributed by atoms with van der Waals surface area (Å²) in [6, 6.07) is 11.8. The Kier molecular flexibility index (Phi) is 5.25. The molecule has 0 aromatic heterocycles. The molecule has 0 aliphatic carbocycles. The molecule has 0 bridgehead atoms. The van der Waals surface area contributed by atoms with Crippen LogP contribution in [0.1, 0.15) is 24.2 Å². The fourth-order valence-electron chi connectivity index (χ4n) is 2.36. The number of thioether (sulfide) groups is 1. The van der Waals surface area contributed by atoms with Gasteiger partial charge in [0, 0.05) is 29.2 Å². The second kappa shape index (κ2) is 7.57. The highest BCUT2D eigenvalue weighted by molar-refractivity contribution is 7.99. The number of halogens is 1. The molecule has 0 spiro atoms. The number of ether oxygens (including phenoxy) is 2. The van der Waals surface area contributed by atoms with Gasteiger partial charge in [-0.2, -0.15) is 11.8 Å². The molecule has 1 unspecified atom stereocenters. The number of hydrogen-bond acceptors (Lipinski definition) is 4. The minimum Gasteiger partial charge on any atom is -0.454 e. The van der Waals surface area contributed by atoms with E-state index in [2.05, 4.69) is 5.32 Å². The zero-order valence-corrected chi connectivity index (χ0v) is 14.1. The molecule has 4 nitrogen and oxygen atoms in total. The Bertz CT molecular complexity index is 721. The maximum atomic E-state index is 12.9. The van der Waals surface area contributed by atoms with E-state index in [9.17, 15) is 9.18 Å². The Morgan fingerprint density at radius 2 is 1.96 bits per heavy atom. The third kappa shape index (κ3) is 4.20. The molecule has 0 fully saturated rings. The lowest BCUT2D eigenvalue weighted by Crippen LogP contribution is -2.12. The topological polar surface area (TPSA) is 47.6 Å². The molecule has 24 heavy (non-hydrogen) atoms. The first-order valence-corrected chi connectivity index (χ1v) is 8.73. The van der Waals surface area contributed by atoms with Crippen molar-refractivity contribution in [2.45, 2.75) is 18.6 Å². The van der Waals surface area contributed by atoms with Gasteiger partial charge in [-0.05, 0) is 36.8 Å². The number of benzene rings is 2. The quantitative estimate of drug-likeness (QED) is 0.842. The van der Waals surface area contributed by atoms with E-state index in [0.717, 1.165) is 5.56 Å². The van der Waals surface area contributed by atoms with Gasteiger partial charge in [-0.1, -0.05) is 12.1 Å². The van der Waals surface area contributed by atoms with Crippen LogP contribution in [0.25, 0.3) is 0 Å². The fraction of sp³-hybridized carbons (Fsp3) is 0.278. The van der Waals surface area contributed by atoms with Crippen LogP contribution in [0.15, 0.2) is 42.5 Å². The highest BCUT2D eigenvalue weighted by atomic mass is 32.2. The average Bonchev–Trinajstić information content (AvgIpc) is 3.03. The van der Waals surface area contributed by atoms with E-state index >= 15 is 0 Å². The molecule has 2 aromatic carbocycles. The van der Waals surface area contributed by atoms with E-state index in [1.807, 2.05) is 6.92 Å². The summed E-state index contributed by atoms with van der Waals surface area (Å²) in [6.07, 6.45) is 0.407. The summed E-state index contributed by atoms with van der Waals surface area (Å²) < 4.78 is 23.4. The molecule has 0 saturated heterocycles. The van der Waals surface area contributed by atoms with Crippen molar-refractivity contribution in [1.29, 1.82) is 0 Å². The fourth-order valence-corrected chi connectivity index (χ4v) is 3.36. The van der Waals surface area contributed by atoms with Crippen LogP contribution >= 0.6 is 11.8 Å². The Hall–Kier alpha value is -2.21. The first kappa shape index (κ1) is 16.6. The lowest BCUT2D eigenvalue weighted by molar-refractivity contribution is -0.115. The Morgan fingerprint density at radius 3 is 2.75 bits per heavy atom. The van der Waals surface area contributed by atoms with Crippen LogP contribution in [-0.2, 0) is 4.79 Å². The molecule has 6 heteroatoms. The van der Waals surface area contributed by atoms with E-state index in [1.165, 1.54) is 12.1 Å². The smallest absolute Gasteiger partial charge is 0.231 e. The van der Waals surface area contributed by atoms with Crippen LogP contribution in [0, 0.1) is 5.82 Å². The largest absolute Gasteiger partial charge is 0.454 e. The normalized spacial score (nSPS) is 13.6. The van der Waals surface area contributed by atoms with Crippen molar-refractivity contribution in [2.75, 3.05) is 17.9 Å². The average molecular weight is 347 g/mol. The second-order valence-electron chi connectivity index (χ2n) is 5.43. The summed E-state index contributed by atoms with van der Waals surface area (Å²) in [5.41, 5.74) is 1.75. The molecule has 1 atom stereocenters. The van der Waals surface area contributed by atoms with E-state index in [4.69, 9.17) is 9.47 Å². The monoisotopic (exact) mass is 347 g/mol. The van der Waals surface area contributed by atoms with Crippen molar-refractivity contribution in [2.24, 2.45) is 0 Å². The molecule has 1 heterocycles. The third-order valence-electron chi connectivity index (χ3n) is 3.69. The lowest BCUT2D eigenvalue weighted by atomic mass is 10.2. The van der Waals surface area contributed by atoms with Crippen molar-refractivity contribution < 1.29 is 18.7 Å². The van der Waals surface area contributed by atoms with Crippen LogP contribution in [0.3, 0.4) is 0 Å². The van der Waals surface area contributed by atoms with Crippen LogP contribution in [0.5, 0.6) is 11.5 Å². The van der Waals surface area contributed by atoms with Crippen molar-refractivity contribution in [3.63, 3.8) is 0 Å². The first-order valence-electron chi connectivity index (χ1n) is 7.68. The molecule has 2 aromatic rings. The number of carbonyl (C=O) groups excluding carboxylic acids is 1. The van der Waals surface area contributed by atoms with Crippen molar-refractivity contribution in [3.8, 4) is 11.5 Å². The summed E-state index contributed by atoms with van der Waals surface area (Å²) in [5, 5.41) is 3.07. The van der Waals surface area contributed by atoms with Gasteiger partial charge in [0.1, 0.15) is 5.82 Å². The zero-order valence-electron chi connectivity index (χ0n) is 13.3. The van der Waals surface area contributed by atoms with Gasteiger partial charge in [0.2, 0.25) is 12.7 Å². The molecule has 0 saturated carbocycles. The van der Waals surface area contributed by atoms with Gasteiger partial charge in [-0.15, -0.1) is 0 Å². The van der Waals surface area contributed by atoms with Crippen molar-refractivity contribution in [3.05, 3.63) is 53.8 Å². The van der Waals surface area contributed by atoms with Crippen LogP contribution in [-0.4, -0.2) is 18.5 Å². The molecular weight excluding hydrogens is 329 g/mol. The molecule has 1 aliphatic rings. The van der Waals surface area contributed by atoms with Crippen LogP contribution in [0.2, 0.25) is 0 Å². The first-order chi connectivity index (χ1) is 11.6. The molecule has 0 radical (unpaired) electrons. The highest BCUT2D eigenvalue weighted by Crippen LogP contribution is 2.34. The maximum absolute atomic E-state index is 12.9. The highest BCUT2D eigenvalue weighted by Gasteiger charge is 2.14. The Labute approximate surface area is 144 Å². The number of carbonyl (C=O) groups is 1. The lowest BCUT2D eigenvalue weighted by Gasteiger charge is -2.11. The van der Waals surface area contributed by atoms with Crippen LogP contribution < -0.4 is 14.8 Å². The van der Waals surface area contributed by atoms with E-state index in [-0.39, 0.29) is 23.8 Å². The van der Waals surface area contributed by atoms with Gasteiger partial charge in [0.25, 0.3) is 0 Å². The minimum absolute atomic E-state index is 0.0485. The van der Waals surface area contributed by atoms with Crippen molar-refractivity contribution in [1.82, 2.24) is 0 Å². The molecule has 1 amide bonds. The Morgan fingerprint density at radius 1 is 1.21 bits per heavy atom. The van der Waals surface area contributed by atoms with Gasteiger partial charge >= 0.3 is 0 Å².